The molecule has 3 rings (SSSR count). The molecular formula is C24H16Br2ClN3O4. The maximum atomic E-state index is 12.5. The summed E-state index contributed by atoms with van der Waals surface area (Å²) in [6, 6.07) is 17.8. The number of benzene rings is 3. The molecule has 0 aliphatic heterocycles. The summed E-state index contributed by atoms with van der Waals surface area (Å²) in [5, 5.41) is 24.6. The van der Waals surface area contributed by atoms with E-state index >= 15 is 0 Å². The number of aromatic hydroxyl groups is 1. The summed E-state index contributed by atoms with van der Waals surface area (Å²) in [5.41, 5.74) is 1.45. The fraction of sp³-hybridized carbons (Fsp3) is 0.0417. The Morgan fingerprint density at radius 3 is 2.15 bits per heavy atom. The minimum absolute atomic E-state index is 0.0634. The van der Waals surface area contributed by atoms with Crippen molar-refractivity contribution in [3.05, 3.63) is 85.8 Å². The van der Waals surface area contributed by atoms with Crippen LogP contribution in [-0.2, 0) is 9.59 Å². The van der Waals surface area contributed by atoms with Crippen LogP contribution in [0, 0.1) is 11.3 Å². The molecule has 0 bridgehead atoms. The zero-order valence-electron chi connectivity index (χ0n) is 17.3. The molecule has 0 fully saturated rings. The van der Waals surface area contributed by atoms with E-state index in [1.807, 2.05) is 6.07 Å². The summed E-state index contributed by atoms with van der Waals surface area (Å²) < 4.78 is 6.66. The van der Waals surface area contributed by atoms with Crippen molar-refractivity contribution in [1.82, 2.24) is 0 Å². The standard InChI is InChI=1S/C24H16Br2ClN3O4/c25-20-10-14(9-15(12-28)24(33)30-18-5-7-19(31)8-6-18)11-21(26)23(20)34-13-22(32)29-17-3-1-16(27)2-4-17/h1-11,31H,13H2,(H,29,32)(H,30,33)/b15-9+. The van der Waals surface area contributed by atoms with E-state index in [0.29, 0.717) is 36.7 Å². The first kappa shape index (κ1) is 25.3. The van der Waals surface area contributed by atoms with E-state index in [2.05, 4.69) is 42.5 Å². The summed E-state index contributed by atoms with van der Waals surface area (Å²) in [5.74, 6) is -0.508. The van der Waals surface area contributed by atoms with Gasteiger partial charge in [0.25, 0.3) is 11.8 Å². The van der Waals surface area contributed by atoms with Crippen LogP contribution >= 0.6 is 43.5 Å². The van der Waals surface area contributed by atoms with E-state index in [1.165, 1.54) is 30.3 Å². The highest BCUT2D eigenvalue weighted by Crippen LogP contribution is 2.35. The maximum absolute atomic E-state index is 12.5. The molecule has 0 aliphatic carbocycles. The Morgan fingerprint density at radius 2 is 1.56 bits per heavy atom. The Bertz CT molecular complexity index is 1260. The summed E-state index contributed by atoms with van der Waals surface area (Å²) in [6.45, 7) is -0.243. The van der Waals surface area contributed by atoms with Crippen LogP contribution in [0.25, 0.3) is 6.08 Å². The first-order chi connectivity index (χ1) is 16.2. The van der Waals surface area contributed by atoms with E-state index in [1.54, 1.807) is 36.4 Å². The summed E-state index contributed by atoms with van der Waals surface area (Å²) >= 11 is 12.6. The van der Waals surface area contributed by atoms with Crippen molar-refractivity contribution in [3.8, 4) is 17.6 Å². The van der Waals surface area contributed by atoms with Gasteiger partial charge in [0.1, 0.15) is 23.1 Å². The van der Waals surface area contributed by atoms with Gasteiger partial charge in [-0.3, -0.25) is 9.59 Å². The Hall–Kier alpha value is -3.32. The number of phenols is 1. The Labute approximate surface area is 217 Å². The summed E-state index contributed by atoms with van der Waals surface area (Å²) in [6.07, 6.45) is 1.42. The number of halogens is 3. The van der Waals surface area contributed by atoms with E-state index in [0.717, 1.165) is 0 Å². The topological polar surface area (TPSA) is 111 Å². The fourth-order valence-corrected chi connectivity index (χ4v) is 4.30. The zero-order valence-corrected chi connectivity index (χ0v) is 21.2. The molecule has 0 saturated heterocycles. The van der Waals surface area contributed by atoms with Gasteiger partial charge in [-0.2, -0.15) is 5.26 Å². The molecule has 7 nitrogen and oxygen atoms in total. The van der Waals surface area contributed by atoms with Crippen LogP contribution in [0.3, 0.4) is 0 Å². The lowest BCUT2D eigenvalue weighted by Gasteiger charge is -2.12. The monoisotopic (exact) mass is 603 g/mol. The number of nitrogens with one attached hydrogen (secondary N) is 2. The van der Waals surface area contributed by atoms with E-state index in [9.17, 15) is 20.0 Å². The second-order valence-corrected chi connectivity index (χ2v) is 8.97. The molecule has 0 saturated carbocycles. The minimum Gasteiger partial charge on any atom is -0.508 e. The Kier molecular flexibility index (Phi) is 8.71. The lowest BCUT2D eigenvalue weighted by atomic mass is 10.1. The molecule has 2 amide bonds. The van der Waals surface area contributed by atoms with Gasteiger partial charge in [-0.25, -0.2) is 0 Å². The number of anilines is 2. The number of carbonyl (C=O) groups excluding carboxylic acids is 2. The highest BCUT2D eigenvalue weighted by Gasteiger charge is 2.14. The van der Waals surface area contributed by atoms with Gasteiger partial charge in [0.2, 0.25) is 0 Å². The van der Waals surface area contributed by atoms with Crippen molar-refractivity contribution < 1.29 is 19.4 Å². The number of hydrogen-bond acceptors (Lipinski definition) is 5. The number of amides is 2. The van der Waals surface area contributed by atoms with Crippen LogP contribution in [0.4, 0.5) is 11.4 Å². The van der Waals surface area contributed by atoms with Crippen LogP contribution in [0.5, 0.6) is 11.5 Å². The molecule has 3 aromatic carbocycles. The molecule has 172 valence electrons. The number of nitrogens with zero attached hydrogens (tertiary/aromatic N) is 1. The average molecular weight is 606 g/mol. The van der Waals surface area contributed by atoms with Crippen molar-refractivity contribution in [1.29, 1.82) is 5.26 Å². The smallest absolute Gasteiger partial charge is 0.266 e. The van der Waals surface area contributed by atoms with Gasteiger partial charge in [0.15, 0.2) is 6.61 Å². The molecule has 34 heavy (non-hydrogen) atoms. The third-order valence-corrected chi connectivity index (χ3v) is 5.73. The lowest BCUT2D eigenvalue weighted by Crippen LogP contribution is -2.20. The van der Waals surface area contributed by atoms with E-state index in [-0.39, 0.29) is 23.8 Å². The molecule has 0 unspecified atom stereocenters. The SMILES string of the molecule is N#C/C(=C\c1cc(Br)c(OCC(=O)Nc2ccc(Cl)cc2)c(Br)c1)C(=O)Nc1ccc(O)cc1. The van der Waals surface area contributed by atoms with Crippen LogP contribution in [-0.4, -0.2) is 23.5 Å². The number of carbonyl (C=O) groups is 2. The highest BCUT2D eigenvalue weighted by molar-refractivity contribution is 9.11. The third-order valence-electron chi connectivity index (χ3n) is 4.30. The molecule has 3 aromatic rings. The molecule has 0 aromatic heterocycles. The first-order valence-electron chi connectivity index (χ1n) is 9.64. The molecule has 3 N–H and O–H groups in total. The molecule has 10 heteroatoms. The van der Waals surface area contributed by atoms with E-state index < -0.39 is 5.91 Å². The van der Waals surface area contributed by atoms with E-state index in [4.69, 9.17) is 16.3 Å². The molecule has 0 heterocycles. The van der Waals surface area contributed by atoms with Gasteiger partial charge >= 0.3 is 0 Å². The Balaban J connectivity index is 1.68. The predicted molar refractivity (Wildman–Crippen MR) is 138 cm³/mol. The van der Waals surface area contributed by atoms with Gasteiger partial charge in [-0.05, 0) is 104 Å². The minimum atomic E-state index is -0.598. The second kappa shape index (κ2) is 11.7. The fourth-order valence-electron chi connectivity index (χ4n) is 2.73. The van der Waals surface area contributed by atoms with Crippen molar-refractivity contribution in [2.24, 2.45) is 0 Å². The van der Waals surface area contributed by atoms with Gasteiger partial charge in [-0.15, -0.1) is 0 Å². The molecule has 0 spiro atoms. The van der Waals surface area contributed by atoms with Gasteiger partial charge in [0, 0.05) is 16.4 Å². The van der Waals surface area contributed by atoms with Gasteiger partial charge in [-0.1, -0.05) is 11.6 Å². The van der Waals surface area contributed by atoms with Crippen LogP contribution in [0.2, 0.25) is 5.02 Å². The van der Waals surface area contributed by atoms with Crippen LogP contribution in [0.15, 0.2) is 75.2 Å². The largest absolute Gasteiger partial charge is 0.508 e. The Morgan fingerprint density at radius 1 is 1.00 bits per heavy atom. The van der Waals surface area contributed by atoms with Gasteiger partial charge < -0.3 is 20.5 Å². The third kappa shape index (κ3) is 7.09. The van der Waals surface area contributed by atoms with Crippen molar-refractivity contribution in [2.75, 3.05) is 17.2 Å². The molecular weight excluding hydrogens is 590 g/mol. The number of hydrogen-bond donors (Lipinski definition) is 3. The average Bonchev–Trinajstić information content (AvgIpc) is 2.80. The summed E-state index contributed by atoms with van der Waals surface area (Å²) in [4.78, 5) is 24.6. The quantitative estimate of drug-likeness (QED) is 0.170. The number of nitriles is 1. The number of ether oxygens (including phenoxy) is 1. The molecule has 0 atom stereocenters. The zero-order chi connectivity index (χ0) is 24.7. The normalized spacial score (nSPS) is 10.8. The van der Waals surface area contributed by atoms with Crippen LogP contribution in [0.1, 0.15) is 5.56 Å². The molecule has 0 radical (unpaired) electrons. The van der Waals surface area contributed by atoms with Crippen molar-refractivity contribution in [2.45, 2.75) is 0 Å². The maximum Gasteiger partial charge on any atom is 0.266 e. The van der Waals surface area contributed by atoms with Crippen LogP contribution < -0.4 is 15.4 Å². The lowest BCUT2D eigenvalue weighted by molar-refractivity contribution is -0.118. The van der Waals surface area contributed by atoms with Crippen molar-refractivity contribution >= 4 is 72.7 Å². The highest BCUT2D eigenvalue weighted by atomic mass is 79.9. The van der Waals surface area contributed by atoms with Gasteiger partial charge in [0.05, 0.1) is 8.95 Å². The number of rotatable bonds is 7. The van der Waals surface area contributed by atoms with Crippen molar-refractivity contribution in [3.63, 3.8) is 0 Å². The first-order valence-corrected chi connectivity index (χ1v) is 11.6. The predicted octanol–water partition coefficient (Wildman–Crippen LogP) is 6.13. The second-order valence-electron chi connectivity index (χ2n) is 6.83. The number of phenolic OH excluding ortho intramolecular Hbond substituents is 1. The summed E-state index contributed by atoms with van der Waals surface area (Å²) in [7, 11) is 0. The molecule has 0 aliphatic rings.